The largest absolute Gasteiger partial charge is 0.334 e. The third-order valence-corrected chi connectivity index (χ3v) is 7.70. The van der Waals surface area contributed by atoms with Gasteiger partial charge in [0.25, 0.3) is 5.91 Å². The van der Waals surface area contributed by atoms with Crippen LogP contribution in [0.25, 0.3) is 0 Å². The Labute approximate surface area is 163 Å². The van der Waals surface area contributed by atoms with Crippen LogP contribution in [-0.2, 0) is 16.6 Å². The summed E-state index contributed by atoms with van der Waals surface area (Å²) in [5.74, 6) is -0.199. The average Bonchev–Trinajstić information content (AvgIpc) is 3.33. The van der Waals surface area contributed by atoms with Crippen LogP contribution in [-0.4, -0.2) is 43.2 Å². The smallest absolute Gasteiger partial charge is 0.254 e. The van der Waals surface area contributed by atoms with Crippen LogP contribution in [0.15, 0.2) is 40.6 Å². The number of halogens is 1. The molecule has 2 aromatic rings. The number of amides is 1. The molecule has 1 aliphatic heterocycles. The summed E-state index contributed by atoms with van der Waals surface area (Å²) in [6, 6.07) is 8.42. The van der Waals surface area contributed by atoms with Gasteiger partial charge in [-0.05, 0) is 49.4 Å². The predicted octanol–water partition coefficient (Wildman–Crippen LogP) is 3.85. The van der Waals surface area contributed by atoms with Crippen molar-refractivity contribution in [2.45, 2.75) is 31.2 Å². The van der Waals surface area contributed by atoms with Gasteiger partial charge in [-0.2, -0.15) is 4.31 Å². The number of hydrogen-bond donors (Lipinski definition) is 0. The van der Waals surface area contributed by atoms with E-state index >= 15 is 0 Å². The van der Waals surface area contributed by atoms with E-state index in [-0.39, 0.29) is 15.8 Å². The third kappa shape index (κ3) is 3.96. The summed E-state index contributed by atoms with van der Waals surface area (Å²) in [4.78, 5) is 15.7. The van der Waals surface area contributed by atoms with Gasteiger partial charge in [-0.25, -0.2) is 8.42 Å². The first-order valence-electron chi connectivity index (χ1n) is 8.55. The topological polar surface area (TPSA) is 57.7 Å². The molecule has 0 unspecified atom stereocenters. The molecule has 140 valence electrons. The summed E-state index contributed by atoms with van der Waals surface area (Å²) >= 11 is 7.75. The van der Waals surface area contributed by atoms with E-state index in [1.807, 2.05) is 24.4 Å². The molecule has 1 aromatic heterocycles. The van der Waals surface area contributed by atoms with Crippen LogP contribution < -0.4 is 0 Å². The Hall–Kier alpha value is -1.41. The van der Waals surface area contributed by atoms with Crippen molar-refractivity contribution in [2.24, 2.45) is 0 Å². The van der Waals surface area contributed by atoms with Crippen molar-refractivity contribution in [3.8, 4) is 0 Å². The second-order valence-corrected chi connectivity index (χ2v) is 9.50. The number of carbonyl (C=O) groups is 1. The maximum absolute atomic E-state index is 12.9. The molecule has 8 heteroatoms. The summed E-state index contributed by atoms with van der Waals surface area (Å²) in [7, 11) is -3.68. The molecule has 0 N–H and O–H groups in total. The fourth-order valence-corrected chi connectivity index (χ4v) is 5.74. The lowest BCUT2D eigenvalue weighted by atomic mass is 10.2. The highest BCUT2D eigenvalue weighted by Crippen LogP contribution is 2.28. The number of nitrogens with zero attached hydrogens (tertiary/aromatic N) is 2. The molecule has 0 aliphatic carbocycles. The lowest BCUT2D eigenvalue weighted by molar-refractivity contribution is 0.0754. The molecule has 0 spiro atoms. The molecule has 0 atom stereocenters. The molecule has 1 aliphatic rings. The van der Waals surface area contributed by atoms with Crippen molar-refractivity contribution in [3.63, 3.8) is 0 Å². The number of thiophene rings is 1. The highest BCUT2D eigenvalue weighted by Gasteiger charge is 2.30. The molecule has 0 saturated carbocycles. The zero-order valence-electron chi connectivity index (χ0n) is 14.5. The molecule has 1 aromatic carbocycles. The molecule has 0 radical (unpaired) electrons. The second-order valence-electron chi connectivity index (χ2n) is 6.16. The minimum atomic E-state index is -3.68. The zero-order chi connectivity index (χ0) is 18.7. The van der Waals surface area contributed by atoms with Crippen LogP contribution in [0.4, 0.5) is 0 Å². The van der Waals surface area contributed by atoms with Gasteiger partial charge in [-0.3, -0.25) is 4.79 Å². The Balaban J connectivity index is 1.89. The first-order valence-corrected chi connectivity index (χ1v) is 11.2. The quantitative estimate of drug-likeness (QED) is 0.724. The molecule has 26 heavy (non-hydrogen) atoms. The van der Waals surface area contributed by atoms with Crippen molar-refractivity contribution < 1.29 is 13.2 Å². The van der Waals surface area contributed by atoms with Gasteiger partial charge in [0.2, 0.25) is 10.0 Å². The van der Waals surface area contributed by atoms with Crippen molar-refractivity contribution in [2.75, 3.05) is 19.6 Å². The van der Waals surface area contributed by atoms with E-state index in [1.165, 1.54) is 16.4 Å². The van der Waals surface area contributed by atoms with Crippen molar-refractivity contribution in [3.05, 3.63) is 51.2 Å². The van der Waals surface area contributed by atoms with Crippen LogP contribution in [0.5, 0.6) is 0 Å². The van der Waals surface area contributed by atoms with Gasteiger partial charge in [0.15, 0.2) is 0 Å². The molecule has 0 bridgehead atoms. The summed E-state index contributed by atoms with van der Waals surface area (Å²) < 4.78 is 27.1. The standard InChI is InChI=1S/C18H21ClN2O3S2/c1-2-20(13-15-6-5-11-25-15)18(22)14-7-8-16(19)17(12-14)26(23,24)21-9-3-4-10-21/h5-8,11-12H,2-4,9-10,13H2,1H3. The molecular formula is C18H21ClN2O3S2. The van der Waals surface area contributed by atoms with Crippen LogP contribution in [0.1, 0.15) is 35.0 Å². The van der Waals surface area contributed by atoms with Gasteiger partial charge < -0.3 is 4.90 Å². The SMILES string of the molecule is CCN(Cc1cccs1)C(=O)c1ccc(Cl)c(S(=O)(=O)N2CCCC2)c1. The Morgan fingerprint density at radius 3 is 2.62 bits per heavy atom. The Morgan fingerprint density at radius 2 is 2.00 bits per heavy atom. The molecule has 1 amide bonds. The monoisotopic (exact) mass is 412 g/mol. The molecule has 1 saturated heterocycles. The minimum Gasteiger partial charge on any atom is -0.334 e. The van der Waals surface area contributed by atoms with Gasteiger partial charge in [0, 0.05) is 30.1 Å². The average molecular weight is 413 g/mol. The maximum atomic E-state index is 12.9. The zero-order valence-corrected chi connectivity index (χ0v) is 16.9. The van der Waals surface area contributed by atoms with Crippen molar-refractivity contribution in [1.29, 1.82) is 0 Å². The highest BCUT2D eigenvalue weighted by molar-refractivity contribution is 7.89. The van der Waals surface area contributed by atoms with Crippen LogP contribution in [0, 0.1) is 0 Å². The Kier molecular flexibility index (Phi) is 6.02. The fourth-order valence-electron chi connectivity index (χ4n) is 3.00. The van der Waals surface area contributed by atoms with E-state index in [1.54, 1.807) is 22.3 Å². The summed E-state index contributed by atoms with van der Waals surface area (Å²) in [5.41, 5.74) is 0.338. The minimum absolute atomic E-state index is 0.0130. The molecular weight excluding hydrogens is 392 g/mol. The fraction of sp³-hybridized carbons (Fsp3) is 0.389. The van der Waals surface area contributed by atoms with E-state index < -0.39 is 10.0 Å². The summed E-state index contributed by atoms with van der Waals surface area (Å²) in [5, 5.41) is 2.12. The lowest BCUT2D eigenvalue weighted by Gasteiger charge is -2.21. The van der Waals surface area contributed by atoms with Gasteiger partial charge in [-0.15, -0.1) is 11.3 Å². The van der Waals surface area contributed by atoms with Gasteiger partial charge >= 0.3 is 0 Å². The number of rotatable bonds is 6. The maximum Gasteiger partial charge on any atom is 0.254 e. The number of benzene rings is 1. The van der Waals surface area contributed by atoms with E-state index in [0.717, 1.165) is 17.7 Å². The normalized spacial score (nSPS) is 15.3. The first-order chi connectivity index (χ1) is 12.4. The van der Waals surface area contributed by atoms with E-state index in [4.69, 9.17) is 11.6 Å². The van der Waals surface area contributed by atoms with Gasteiger partial charge in [0.05, 0.1) is 11.6 Å². The van der Waals surface area contributed by atoms with Gasteiger partial charge in [-0.1, -0.05) is 17.7 Å². The predicted molar refractivity (Wildman–Crippen MR) is 104 cm³/mol. The van der Waals surface area contributed by atoms with Crippen molar-refractivity contribution in [1.82, 2.24) is 9.21 Å². The van der Waals surface area contributed by atoms with E-state index in [9.17, 15) is 13.2 Å². The van der Waals surface area contributed by atoms with Crippen LogP contribution in [0.2, 0.25) is 5.02 Å². The van der Waals surface area contributed by atoms with Crippen molar-refractivity contribution >= 4 is 38.9 Å². The summed E-state index contributed by atoms with van der Waals surface area (Å²) in [6.45, 7) is 3.94. The molecule has 2 heterocycles. The van der Waals surface area contributed by atoms with Crippen LogP contribution in [0.3, 0.4) is 0 Å². The van der Waals surface area contributed by atoms with E-state index in [0.29, 0.717) is 31.7 Å². The Bertz CT molecular complexity index is 876. The lowest BCUT2D eigenvalue weighted by Crippen LogP contribution is -2.31. The summed E-state index contributed by atoms with van der Waals surface area (Å²) in [6.07, 6.45) is 1.69. The van der Waals surface area contributed by atoms with Gasteiger partial charge in [0.1, 0.15) is 4.90 Å². The number of sulfonamides is 1. The third-order valence-electron chi connectivity index (χ3n) is 4.46. The number of carbonyl (C=O) groups excluding carboxylic acids is 1. The molecule has 5 nitrogen and oxygen atoms in total. The molecule has 3 rings (SSSR count). The first kappa shape index (κ1) is 19.4. The second kappa shape index (κ2) is 8.08. The number of hydrogen-bond acceptors (Lipinski definition) is 4. The van der Waals surface area contributed by atoms with Crippen LogP contribution >= 0.6 is 22.9 Å². The highest BCUT2D eigenvalue weighted by atomic mass is 35.5. The van der Waals surface area contributed by atoms with E-state index in [2.05, 4.69) is 0 Å². The molecule has 1 fully saturated rings. The Morgan fingerprint density at radius 1 is 1.27 bits per heavy atom.